The van der Waals surface area contributed by atoms with Crippen molar-refractivity contribution in [3.8, 4) is 0 Å². The van der Waals surface area contributed by atoms with E-state index in [0.717, 1.165) is 0 Å². The first-order valence-corrected chi connectivity index (χ1v) is 12.1. The Morgan fingerprint density at radius 1 is 0.889 bits per heavy atom. The number of carbonyl (C=O) groups is 5. The molecule has 1 aromatic rings. The Balaban J connectivity index is 3.15. The number of hydrogen-bond donors (Lipinski definition) is 6. The van der Waals surface area contributed by atoms with Crippen molar-refractivity contribution in [2.24, 2.45) is 23.3 Å². The van der Waals surface area contributed by atoms with Crippen LogP contribution in [-0.4, -0.2) is 58.9 Å². The second-order valence-electron chi connectivity index (χ2n) is 9.43. The van der Waals surface area contributed by atoms with E-state index in [4.69, 9.17) is 11.5 Å². The zero-order chi connectivity index (χ0) is 27.4. The van der Waals surface area contributed by atoms with Gasteiger partial charge in [-0.15, -0.1) is 0 Å². The molecule has 8 N–H and O–H groups in total. The van der Waals surface area contributed by atoms with Crippen molar-refractivity contribution in [3.05, 3.63) is 35.9 Å². The molecule has 200 valence electrons. The quantitative estimate of drug-likeness (QED) is 0.194. The van der Waals surface area contributed by atoms with Crippen LogP contribution in [0, 0.1) is 11.8 Å². The lowest BCUT2D eigenvalue weighted by atomic mass is 9.96. The van der Waals surface area contributed by atoms with E-state index in [1.165, 1.54) is 0 Å². The van der Waals surface area contributed by atoms with Crippen LogP contribution in [0.1, 0.15) is 52.5 Å². The van der Waals surface area contributed by atoms with Crippen LogP contribution in [-0.2, 0) is 30.4 Å². The van der Waals surface area contributed by atoms with Gasteiger partial charge in [0.2, 0.25) is 23.6 Å². The maximum atomic E-state index is 13.3. The molecule has 0 heterocycles. The number of primary amides is 1. The maximum Gasteiger partial charge on any atom is 0.326 e. The van der Waals surface area contributed by atoms with Crippen LogP contribution in [0.2, 0.25) is 0 Å². The topological polar surface area (TPSA) is 194 Å². The summed E-state index contributed by atoms with van der Waals surface area (Å²) in [5, 5.41) is 17.0. The third-order valence-electron chi connectivity index (χ3n) is 5.79. The molecular weight excluding hydrogens is 466 g/mol. The third kappa shape index (κ3) is 10.4. The van der Waals surface area contributed by atoms with Crippen molar-refractivity contribution >= 4 is 29.6 Å². The lowest BCUT2D eigenvalue weighted by molar-refractivity contribution is -0.143. The molecule has 5 unspecified atom stereocenters. The van der Waals surface area contributed by atoms with Crippen LogP contribution in [0.3, 0.4) is 0 Å². The van der Waals surface area contributed by atoms with E-state index >= 15 is 0 Å². The van der Waals surface area contributed by atoms with Crippen LogP contribution in [0.15, 0.2) is 30.3 Å². The summed E-state index contributed by atoms with van der Waals surface area (Å²) >= 11 is 0. The molecule has 0 bridgehead atoms. The van der Waals surface area contributed by atoms with Crippen molar-refractivity contribution in [3.63, 3.8) is 0 Å². The zero-order valence-electron chi connectivity index (χ0n) is 21.3. The average molecular weight is 506 g/mol. The minimum Gasteiger partial charge on any atom is -0.480 e. The van der Waals surface area contributed by atoms with Gasteiger partial charge in [-0.1, -0.05) is 64.4 Å². The Morgan fingerprint density at radius 3 is 1.97 bits per heavy atom. The molecule has 0 aromatic heterocycles. The first-order chi connectivity index (χ1) is 16.8. The molecule has 36 heavy (non-hydrogen) atoms. The summed E-state index contributed by atoms with van der Waals surface area (Å²) in [5.74, 6) is -4.30. The second-order valence-corrected chi connectivity index (χ2v) is 9.43. The summed E-state index contributed by atoms with van der Waals surface area (Å²) in [6.07, 6.45) is 0.449. The van der Waals surface area contributed by atoms with Gasteiger partial charge in [-0.05, 0) is 23.8 Å². The van der Waals surface area contributed by atoms with Gasteiger partial charge in [0, 0.05) is 6.42 Å². The van der Waals surface area contributed by atoms with Gasteiger partial charge in [-0.25, -0.2) is 4.79 Å². The minimum atomic E-state index is -1.55. The monoisotopic (exact) mass is 505 g/mol. The summed E-state index contributed by atoms with van der Waals surface area (Å²) < 4.78 is 0. The standard InChI is InChI=1S/C25H39N5O6/c1-5-15(4)21(30-22(32)17(26)11-14(2)3)24(34)28-18(12-16-9-7-6-8-10-16)23(33)29-19(25(35)36)13-20(27)31/h6-10,14-15,17-19,21H,5,11-13,26H2,1-4H3,(H2,27,31)(H,28,34)(H,29,33)(H,30,32)(H,35,36). The Labute approximate surface area is 211 Å². The van der Waals surface area contributed by atoms with E-state index in [9.17, 15) is 29.1 Å². The van der Waals surface area contributed by atoms with Crippen molar-refractivity contribution in [1.29, 1.82) is 0 Å². The van der Waals surface area contributed by atoms with Gasteiger partial charge in [0.05, 0.1) is 12.5 Å². The van der Waals surface area contributed by atoms with Gasteiger partial charge in [0.1, 0.15) is 18.1 Å². The largest absolute Gasteiger partial charge is 0.480 e. The van der Waals surface area contributed by atoms with E-state index in [-0.39, 0.29) is 18.3 Å². The molecular formula is C25H39N5O6. The van der Waals surface area contributed by atoms with Gasteiger partial charge in [0.25, 0.3) is 0 Å². The number of carboxylic acid groups (broad SMARTS) is 1. The van der Waals surface area contributed by atoms with Crippen LogP contribution in [0.25, 0.3) is 0 Å². The number of amides is 4. The Morgan fingerprint density at radius 2 is 1.47 bits per heavy atom. The molecule has 0 fully saturated rings. The third-order valence-corrected chi connectivity index (χ3v) is 5.79. The SMILES string of the molecule is CCC(C)C(NC(=O)C(N)CC(C)C)C(=O)NC(Cc1ccccc1)C(=O)NC(CC(N)=O)C(=O)O. The number of benzene rings is 1. The number of carboxylic acids is 1. The summed E-state index contributed by atoms with van der Waals surface area (Å²) in [4.78, 5) is 61.7. The highest BCUT2D eigenvalue weighted by Gasteiger charge is 2.33. The molecule has 1 rings (SSSR count). The van der Waals surface area contributed by atoms with Gasteiger partial charge >= 0.3 is 5.97 Å². The van der Waals surface area contributed by atoms with Crippen molar-refractivity contribution in [2.45, 2.75) is 77.5 Å². The molecule has 1 aromatic carbocycles. The van der Waals surface area contributed by atoms with Crippen LogP contribution < -0.4 is 27.4 Å². The van der Waals surface area contributed by atoms with Crippen molar-refractivity contribution in [1.82, 2.24) is 16.0 Å². The van der Waals surface area contributed by atoms with Crippen LogP contribution in [0.4, 0.5) is 0 Å². The number of hydrogen-bond acceptors (Lipinski definition) is 6. The van der Waals surface area contributed by atoms with E-state index in [2.05, 4.69) is 16.0 Å². The van der Waals surface area contributed by atoms with E-state index in [1.807, 2.05) is 20.8 Å². The first kappa shape index (κ1) is 30.6. The maximum absolute atomic E-state index is 13.3. The molecule has 0 spiro atoms. The van der Waals surface area contributed by atoms with E-state index in [1.54, 1.807) is 37.3 Å². The minimum absolute atomic E-state index is 0.0510. The normalized spacial score (nSPS) is 15.2. The lowest BCUT2D eigenvalue weighted by Crippen LogP contribution is -2.59. The first-order valence-electron chi connectivity index (χ1n) is 12.1. The van der Waals surface area contributed by atoms with Gasteiger partial charge in [-0.3, -0.25) is 19.2 Å². The lowest BCUT2D eigenvalue weighted by Gasteiger charge is -2.28. The van der Waals surface area contributed by atoms with E-state index in [0.29, 0.717) is 18.4 Å². The smallest absolute Gasteiger partial charge is 0.326 e. The van der Waals surface area contributed by atoms with Crippen molar-refractivity contribution < 1.29 is 29.1 Å². The number of nitrogens with two attached hydrogens (primary N) is 2. The molecule has 0 saturated carbocycles. The summed E-state index contributed by atoms with van der Waals surface area (Å²) in [6.45, 7) is 7.52. The summed E-state index contributed by atoms with van der Waals surface area (Å²) in [6, 6.07) is 4.33. The molecule has 4 amide bonds. The fourth-order valence-corrected chi connectivity index (χ4v) is 3.57. The van der Waals surface area contributed by atoms with Crippen LogP contribution in [0.5, 0.6) is 0 Å². The predicted octanol–water partition coefficient (Wildman–Crippen LogP) is 0.0630. The number of rotatable bonds is 15. The molecule has 5 atom stereocenters. The Bertz CT molecular complexity index is 907. The molecule has 0 saturated heterocycles. The fraction of sp³-hybridized carbons (Fsp3) is 0.560. The predicted molar refractivity (Wildman–Crippen MR) is 134 cm³/mol. The molecule has 11 nitrogen and oxygen atoms in total. The zero-order valence-corrected chi connectivity index (χ0v) is 21.3. The summed E-state index contributed by atoms with van der Waals surface area (Å²) in [5.41, 5.74) is 11.8. The van der Waals surface area contributed by atoms with Gasteiger partial charge < -0.3 is 32.5 Å². The number of carbonyl (C=O) groups excluding carboxylic acids is 4. The number of aliphatic carboxylic acids is 1. The molecule has 0 aliphatic carbocycles. The highest BCUT2D eigenvalue weighted by Crippen LogP contribution is 2.12. The van der Waals surface area contributed by atoms with Gasteiger partial charge in [-0.2, -0.15) is 0 Å². The number of nitrogens with one attached hydrogen (secondary N) is 3. The Kier molecular flexibility index (Phi) is 12.6. The van der Waals surface area contributed by atoms with Gasteiger partial charge in [0.15, 0.2) is 0 Å². The molecule has 0 aliphatic heterocycles. The molecule has 0 radical (unpaired) electrons. The second kappa shape index (κ2) is 14.8. The fourth-order valence-electron chi connectivity index (χ4n) is 3.57. The highest BCUT2D eigenvalue weighted by atomic mass is 16.4. The van der Waals surface area contributed by atoms with E-state index < -0.39 is 60.2 Å². The Hall–Kier alpha value is -3.47. The van der Waals surface area contributed by atoms with Crippen molar-refractivity contribution in [2.75, 3.05) is 0 Å². The van der Waals surface area contributed by atoms with Crippen LogP contribution >= 0.6 is 0 Å². The highest BCUT2D eigenvalue weighted by molar-refractivity contribution is 5.95. The average Bonchev–Trinajstić information content (AvgIpc) is 2.80. The summed E-state index contributed by atoms with van der Waals surface area (Å²) in [7, 11) is 0. The molecule has 11 heteroatoms. The molecule has 0 aliphatic rings.